The Morgan fingerprint density at radius 2 is 2.19 bits per heavy atom. The molecule has 2 aromatic carbocycles. The number of halogens is 1. The zero-order valence-electron chi connectivity index (χ0n) is 16.5. The van der Waals surface area contributed by atoms with E-state index in [1.54, 1.807) is 23.5 Å². The Morgan fingerprint density at radius 1 is 1.29 bits per heavy atom. The number of carbonyl (C=O) groups is 1. The summed E-state index contributed by atoms with van der Waals surface area (Å²) >= 11 is 1.58. The molecule has 0 radical (unpaired) electrons. The molecule has 0 unspecified atom stereocenters. The average Bonchev–Trinajstić information content (AvgIpc) is 3.43. The SMILES string of the molecule is Cc1nc(COc2cccc(C=CC(=O)Nc3ccc(-n4cncn4)c(F)c3)c2)cs1. The van der Waals surface area contributed by atoms with Crippen LogP contribution in [-0.4, -0.2) is 25.7 Å². The van der Waals surface area contributed by atoms with Crippen LogP contribution < -0.4 is 10.1 Å². The van der Waals surface area contributed by atoms with E-state index in [1.165, 1.54) is 35.5 Å². The number of nitrogens with one attached hydrogen (secondary N) is 1. The normalized spacial score (nSPS) is 11.0. The van der Waals surface area contributed by atoms with Gasteiger partial charge in [0.25, 0.3) is 0 Å². The summed E-state index contributed by atoms with van der Waals surface area (Å²) in [6.45, 7) is 2.33. The summed E-state index contributed by atoms with van der Waals surface area (Å²) in [5.41, 5.74) is 2.27. The Hall–Kier alpha value is -3.85. The highest BCUT2D eigenvalue weighted by Gasteiger charge is 2.07. The van der Waals surface area contributed by atoms with Crippen LogP contribution >= 0.6 is 11.3 Å². The molecule has 0 aliphatic heterocycles. The number of ether oxygens (including phenoxy) is 1. The van der Waals surface area contributed by atoms with Crippen molar-refractivity contribution < 1.29 is 13.9 Å². The van der Waals surface area contributed by atoms with Gasteiger partial charge in [-0.25, -0.2) is 19.0 Å². The van der Waals surface area contributed by atoms with E-state index in [4.69, 9.17) is 4.74 Å². The van der Waals surface area contributed by atoms with Crippen LogP contribution in [0.25, 0.3) is 11.8 Å². The van der Waals surface area contributed by atoms with E-state index < -0.39 is 5.82 Å². The largest absolute Gasteiger partial charge is 0.487 e. The second-order valence-corrected chi connectivity index (χ2v) is 7.61. The van der Waals surface area contributed by atoms with E-state index in [0.717, 1.165) is 16.3 Å². The minimum atomic E-state index is -0.521. The molecule has 7 nitrogen and oxygen atoms in total. The van der Waals surface area contributed by atoms with Gasteiger partial charge >= 0.3 is 0 Å². The van der Waals surface area contributed by atoms with Gasteiger partial charge in [-0.2, -0.15) is 5.10 Å². The van der Waals surface area contributed by atoms with Gasteiger partial charge in [0, 0.05) is 17.1 Å². The van der Waals surface area contributed by atoms with Crippen LogP contribution in [0, 0.1) is 12.7 Å². The van der Waals surface area contributed by atoms with Crippen molar-refractivity contribution in [3.63, 3.8) is 0 Å². The maximum absolute atomic E-state index is 14.3. The highest BCUT2D eigenvalue weighted by Crippen LogP contribution is 2.19. The van der Waals surface area contributed by atoms with Crippen LogP contribution in [0.4, 0.5) is 10.1 Å². The summed E-state index contributed by atoms with van der Waals surface area (Å²) in [5.74, 6) is -0.219. The standard InChI is InChI=1S/C22H18FN5O2S/c1-15-26-18(12-31-15)11-30-19-4-2-3-16(9-19)5-8-22(29)27-17-6-7-21(20(23)10-17)28-14-24-13-25-28/h2-10,12-14H,11H2,1H3,(H,27,29). The molecule has 0 spiro atoms. The third kappa shape index (κ3) is 5.40. The van der Waals surface area contributed by atoms with E-state index in [1.807, 2.05) is 36.6 Å². The number of hydrogen-bond donors (Lipinski definition) is 1. The number of amides is 1. The molecule has 0 saturated heterocycles. The molecule has 156 valence electrons. The van der Waals surface area contributed by atoms with Gasteiger partial charge in [0.1, 0.15) is 30.7 Å². The summed E-state index contributed by atoms with van der Waals surface area (Å²) in [5, 5.41) is 9.49. The molecular formula is C22H18FN5O2S. The van der Waals surface area contributed by atoms with Gasteiger partial charge in [0.05, 0.1) is 10.7 Å². The molecule has 1 amide bonds. The molecule has 0 aliphatic rings. The topological polar surface area (TPSA) is 81.9 Å². The predicted octanol–water partition coefficient (Wildman–Crippen LogP) is 4.40. The van der Waals surface area contributed by atoms with Gasteiger partial charge in [0.2, 0.25) is 5.91 Å². The van der Waals surface area contributed by atoms with Crippen molar-refractivity contribution in [2.45, 2.75) is 13.5 Å². The van der Waals surface area contributed by atoms with Crippen molar-refractivity contribution in [1.82, 2.24) is 19.7 Å². The quantitative estimate of drug-likeness (QED) is 0.435. The lowest BCUT2D eigenvalue weighted by Crippen LogP contribution is -2.08. The van der Waals surface area contributed by atoms with E-state index >= 15 is 0 Å². The molecule has 2 aromatic heterocycles. The van der Waals surface area contributed by atoms with Crippen LogP contribution in [0.2, 0.25) is 0 Å². The third-order valence-corrected chi connectivity index (χ3v) is 5.04. The van der Waals surface area contributed by atoms with Gasteiger partial charge in [0.15, 0.2) is 5.82 Å². The first kappa shape index (κ1) is 20.4. The highest BCUT2D eigenvalue weighted by atomic mass is 32.1. The Labute approximate surface area is 181 Å². The number of aryl methyl sites for hydroxylation is 1. The van der Waals surface area contributed by atoms with Crippen LogP contribution in [0.3, 0.4) is 0 Å². The van der Waals surface area contributed by atoms with Crippen molar-refractivity contribution in [2.75, 3.05) is 5.32 Å². The van der Waals surface area contributed by atoms with E-state index in [2.05, 4.69) is 20.4 Å². The summed E-state index contributed by atoms with van der Waals surface area (Å²) in [4.78, 5) is 20.4. The van der Waals surface area contributed by atoms with E-state index in [0.29, 0.717) is 18.0 Å². The first-order valence-electron chi connectivity index (χ1n) is 9.34. The number of thiazole rings is 1. The first-order chi connectivity index (χ1) is 15.1. The highest BCUT2D eigenvalue weighted by molar-refractivity contribution is 7.09. The summed E-state index contributed by atoms with van der Waals surface area (Å²) in [7, 11) is 0. The lowest BCUT2D eigenvalue weighted by molar-refractivity contribution is -0.111. The molecule has 31 heavy (non-hydrogen) atoms. The molecule has 0 atom stereocenters. The first-order valence-corrected chi connectivity index (χ1v) is 10.2. The molecule has 2 heterocycles. The van der Waals surface area contributed by atoms with Crippen molar-refractivity contribution >= 4 is 29.0 Å². The van der Waals surface area contributed by atoms with Crippen molar-refractivity contribution in [2.24, 2.45) is 0 Å². The summed E-state index contributed by atoms with van der Waals surface area (Å²) < 4.78 is 21.4. The smallest absolute Gasteiger partial charge is 0.248 e. The van der Waals surface area contributed by atoms with Crippen LogP contribution in [0.15, 0.2) is 66.6 Å². The second-order valence-electron chi connectivity index (χ2n) is 6.55. The average molecular weight is 435 g/mol. The van der Waals surface area contributed by atoms with Crippen molar-refractivity contribution in [3.8, 4) is 11.4 Å². The van der Waals surface area contributed by atoms with E-state index in [-0.39, 0.29) is 11.6 Å². The predicted molar refractivity (Wildman–Crippen MR) is 117 cm³/mol. The fourth-order valence-corrected chi connectivity index (χ4v) is 3.40. The van der Waals surface area contributed by atoms with Gasteiger partial charge in [-0.1, -0.05) is 12.1 Å². The molecule has 0 saturated carbocycles. The number of rotatable bonds is 7. The van der Waals surface area contributed by atoms with Gasteiger partial charge < -0.3 is 10.1 Å². The third-order valence-electron chi connectivity index (χ3n) is 4.22. The van der Waals surface area contributed by atoms with Crippen LogP contribution in [0.1, 0.15) is 16.3 Å². The van der Waals surface area contributed by atoms with Gasteiger partial charge in [-0.05, 0) is 48.9 Å². The Balaban J connectivity index is 1.36. The zero-order chi connectivity index (χ0) is 21.6. The number of benzene rings is 2. The number of aromatic nitrogens is 4. The van der Waals surface area contributed by atoms with E-state index in [9.17, 15) is 9.18 Å². The molecule has 0 fully saturated rings. The molecule has 1 N–H and O–H groups in total. The fourth-order valence-electron chi connectivity index (χ4n) is 2.80. The maximum Gasteiger partial charge on any atom is 0.248 e. The fraction of sp³-hybridized carbons (Fsp3) is 0.0909. The van der Waals surface area contributed by atoms with Crippen molar-refractivity contribution in [1.29, 1.82) is 0 Å². The second kappa shape index (κ2) is 9.31. The number of carbonyl (C=O) groups excluding carboxylic acids is 1. The number of hydrogen-bond acceptors (Lipinski definition) is 6. The van der Waals surface area contributed by atoms with Gasteiger partial charge in [-0.3, -0.25) is 4.79 Å². The monoisotopic (exact) mass is 435 g/mol. The summed E-state index contributed by atoms with van der Waals surface area (Å²) in [6, 6.07) is 11.7. The van der Waals surface area contributed by atoms with Crippen LogP contribution in [0.5, 0.6) is 5.75 Å². The minimum Gasteiger partial charge on any atom is -0.487 e. The molecule has 9 heteroatoms. The zero-order valence-corrected chi connectivity index (χ0v) is 17.3. The Morgan fingerprint density at radius 3 is 2.94 bits per heavy atom. The minimum absolute atomic E-state index is 0.246. The maximum atomic E-state index is 14.3. The Bertz CT molecular complexity index is 1220. The molecular weight excluding hydrogens is 417 g/mol. The number of anilines is 1. The Kier molecular flexibility index (Phi) is 6.13. The van der Waals surface area contributed by atoms with Crippen LogP contribution in [-0.2, 0) is 11.4 Å². The number of nitrogens with zero attached hydrogens (tertiary/aromatic N) is 4. The summed E-state index contributed by atoms with van der Waals surface area (Å²) in [6.07, 6.45) is 5.76. The molecule has 0 aliphatic carbocycles. The molecule has 4 aromatic rings. The van der Waals surface area contributed by atoms with Gasteiger partial charge in [-0.15, -0.1) is 11.3 Å². The molecule has 4 rings (SSSR count). The van der Waals surface area contributed by atoms with Crippen molar-refractivity contribution in [3.05, 3.63) is 88.7 Å². The lowest BCUT2D eigenvalue weighted by Gasteiger charge is -2.06. The lowest BCUT2D eigenvalue weighted by atomic mass is 10.2. The molecule has 0 bridgehead atoms.